The molecule has 0 aliphatic carbocycles. The first kappa shape index (κ1) is 15.1. The number of allylic oxidation sites excluding steroid dienone is 2. The molecule has 0 bridgehead atoms. The summed E-state index contributed by atoms with van der Waals surface area (Å²) >= 11 is 0. The lowest BCUT2D eigenvalue weighted by Crippen LogP contribution is -2.58. The molecule has 5 nitrogen and oxygen atoms in total. The minimum atomic E-state index is -1.28. The molecule has 118 valence electrons. The van der Waals surface area contributed by atoms with E-state index in [2.05, 4.69) is 10.3 Å². The molecular formula is C16H13F2N3O2. The lowest BCUT2D eigenvalue weighted by atomic mass is 9.91. The zero-order chi connectivity index (χ0) is 16.6. The summed E-state index contributed by atoms with van der Waals surface area (Å²) in [7, 11) is 0. The number of carbonyl (C=O) groups is 2. The van der Waals surface area contributed by atoms with Gasteiger partial charge in [0, 0.05) is 12.3 Å². The highest BCUT2D eigenvalue weighted by atomic mass is 19.1. The van der Waals surface area contributed by atoms with Crippen molar-refractivity contribution >= 4 is 23.3 Å². The van der Waals surface area contributed by atoms with E-state index in [9.17, 15) is 18.4 Å². The summed E-state index contributed by atoms with van der Waals surface area (Å²) in [5.74, 6) is -2.17. The minimum absolute atomic E-state index is 0.169. The second-order valence-corrected chi connectivity index (χ2v) is 5.46. The minimum Gasteiger partial charge on any atom is -0.321 e. The van der Waals surface area contributed by atoms with Crippen LogP contribution >= 0.6 is 0 Å². The number of carbonyl (C=O) groups excluding carboxylic acids is 2. The van der Waals surface area contributed by atoms with Gasteiger partial charge in [-0.05, 0) is 31.2 Å². The highest BCUT2D eigenvalue weighted by molar-refractivity contribution is 6.11. The predicted octanol–water partition coefficient (Wildman–Crippen LogP) is 2.38. The molecule has 0 saturated carbocycles. The van der Waals surface area contributed by atoms with Gasteiger partial charge >= 0.3 is 0 Å². The van der Waals surface area contributed by atoms with E-state index in [0.717, 1.165) is 18.2 Å². The average Bonchev–Trinajstić information content (AvgIpc) is 2.50. The molecular weight excluding hydrogens is 304 g/mol. The van der Waals surface area contributed by atoms with E-state index in [1.807, 2.05) is 0 Å². The Bertz CT molecular complexity index is 786. The number of aliphatic imine (C=N–C) groups is 1. The van der Waals surface area contributed by atoms with Gasteiger partial charge in [-0.2, -0.15) is 4.99 Å². The third-order valence-corrected chi connectivity index (χ3v) is 3.77. The maximum absolute atomic E-state index is 13.7. The van der Waals surface area contributed by atoms with Gasteiger partial charge in [0.05, 0.1) is 12.1 Å². The standard InChI is InChI=1S/C16H13F2N3O2/c1-16(9-14(22)20-13-4-2-3-7-21(13)16)15(23)19-12-8-10(17)5-6-11(12)18/h2-8H,9H2,1H3,(H,19,23). The van der Waals surface area contributed by atoms with Crippen LogP contribution in [0.15, 0.2) is 47.6 Å². The monoisotopic (exact) mass is 317 g/mol. The molecule has 1 N–H and O–H groups in total. The van der Waals surface area contributed by atoms with Gasteiger partial charge in [0.25, 0.3) is 11.8 Å². The van der Waals surface area contributed by atoms with Crippen molar-refractivity contribution < 1.29 is 18.4 Å². The number of fused-ring (bicyclic) bond motifs is 1. The Morgan fingerprint density at radius 1 is 1.35 bits per heavy atom. The summed E-state index contributed by atoms with van der Waals surface area (Å²) in [5, 5.41) is 2.35. The van der Waals surface area contributed by atoms with Crippen LogP contribution in [0.1, 0.15) is 13.3 Å². The highest BCUT2D eigenvalue weighted by Crippen LogP contribution is 2.29. The zero-order valence-corrected chi connectivity index (χ0v) is 12.2. The number of rotatable bonds is 2. The summed E-state index contributed by atoms with van der Waals surface area (Å²) in [6.07, 6.45) is 6.44. The number of hydrogen-bond acceptors (Lipinski definition) is 3. The van der Waals surface area contributed by atoms with Crippen LogP contribution in [0.2, 0.25) is 0 Å². The molecule has 0 saturated heterocycles. The van der Waals surface area contributed by atoms with E-state index in [4.69, 9.17) is 0 Å². The summed E-state index contributed by atoms with van der Waals surface area (Å²) in [6.45, 7) is 1.55. The van der Waals surface area contributed by atoms with E-state index in [1.165, 1.54) is 0 Å². The number of nitrogens with one attached hydrogen (secondary N) is 1. The molecule has 23 heavy (non-hydrogen) atoms. The van der Waals surface area contributed by atoms with Gasteiger partial charge < -0.3 is 10.2 Å². The Morgan fingerprint density at radius 3 is 2.91 bits per heavy atom. The van der Waals surface area contributed by atoms with Crippen molar-refractivity contribution in [2.24, 2.45) is 4.99 Å². The molecule has 1 unspecified atom stereocenters. The Hall–Kier alpha value is -2.83. The fraction of sp³-hybridized carbons (Fsp3) is 0.188. The molecule has 2 amide bonds. The lowest BCUT2D eigenvalue weighted by Gasteiger charge is -2.41. The van der Waals surface area contributed by atoms with Crippen molar-refractivity contribution in [1.82, 2.24) is 4.90 Å². The van der Waals surface area contributed by atoms with Crippen LogP contribution in [-0.4, -0.2) is 28.1 Å². The highest BCUT2D eigenvalue weighted by Gasteiger charge is 2.45. The number of hydrogen-bond donors (Lipinski definition) is 1. The van der Waals surface area contributed by atoms with E-state index in [-0.39, 0.29) is 12.1 Å². The lowest BCUT2D eigenvalue weighted by molar-refractivity contribution is -0.130. The topological polar surface area (TPSA) is 61.8 Å². The third kappa shape index (κ3) is 2.65. The Labute approximate surface area is 131 Å². The average molecular weight is 317 g/mol. The third-order valence-electron chi connectivity index (χ3n) is 3.77. The Morgan fingerprint density at radius 2 is 2.13 bits per heavy atom. The molecule has 2 heterocycles. The van der Waals surface area contributed by atoms with Crippen LogP contribution in [0.3, 0.4) is 0 Å². The van der Waals surface area contributed by atoms with Crippen LogP contribution < -0.4 is 5.32 Å². The van der Waals surface area contributed by atoms with E-state index < -0.39 is 29.0 Å². The number of amidine groups is 1. The molecule has 7 heteroatoms. The van der Waals surface area contributed by atoms with Crippen LogP contribution in [-0.2, 0) is 9.59 Å². The van der Waals surface area contributed by atoms with E-state index in [0.29, 0.717) is 5.84 Å². The first-order valence-corrected chi connectivity index (χ1v) is 6.92. The van der Waals surface area contributed by atoms with Crippen LogP contribution in [0, 0.1) is 11.6 Å². The molecule has 0 fully saturated rings. The van der Waals surface area contributed by atoms with Crippen LogP contribution in [0.25, 0.3) is 0 Å². The quantitative estimate of drug-likeness (QED) is 0.911. The molecule has 2 aliphatic rings. The Balaban J connectivity index is 1.93. The van der Waals surface area contributed by atoms with Crippen molar-refractivity contribution in [3.05, 3.63) is 54.3 Å². The molecule has 2 aliphatic heterocycles. The predicted molar refractivity (Wildman–Crippen MR) is 80.6 cm³/mol. The number of nitrogens with zero attached hydrogens (tertiary/aromatic N) is 2. The summed E-state index contributed by atoms with van der Waals surface area (Å²) in [6, 6.07) is 2.78. The molecule has 0 aromatic heterocycles. The molecule has 1 aromatic rings. The second-order valence-electron chi connectivity index (χ2n) is 5.46. The number of amides is 2. The van der Waals surface area contributed by atoms with Crippen LogP contribution in [0.5, 0.6) is 0 Å². The first-order chi connectivity index (χ1) is 10.9. The first-order valence-electron chi connectivity index (χ1n) is 6.92. The van der Waals surface area contributed by atoms with Crippen LogP contribution in [0.4, 0.5) is 14.5 Å². The number of anilines is 1. The fourth-order valence-electron chi connectivity index (χ4n) is 2.53. The maximum atomic E-state index is 13.7. The second kappa shape index (κ2) is 5.42. The normalized spacial score (nSPS) is 22.7. The van der Waals surface area contributed by atoms with Gasteiger partial charge in [0.15, 0.2) is 0 Å². The summed E-state index contributed by atoms with van der Waals surface area (Å²) < 4.78 is 27.0. The maximum Gasteiger partial charge on any atom is 0.250 e. The summed E-state index contributed by atoms with van der Waals surface area (Å²) in [5.41, 5.74) is -1.56. The van der Waals surface area contributed by atoms with Gasteiger partial charge in [-0.25, -0.2) is 8.78 Å². The van der Waals surface area contributed by atoms with Gasteiger partial charge in [-0.3, -0.25) is 9.59 Å². The van der Waals surface area contributed by atoms with Crippen molar-refractivity contribution in [1.29, 1.82) is 0 Å². The number of benzene rings is 1. The summed E-state index contributed by atoms with van der Waals surface area (Å²) in [4.78, 5) is 29.9. The molecule has 3 rings (SSSR count). The smallest absolute Gasteiger partial charge is 0.250 e. The fourth-order valence-corrected chi connectivity index (χ4v) is 2.53. The van der Waals surface area contributed by atoms with Crippen molar-refractivity contribution in [2.75, 3.05) is 5.32 Å². The van der Waals surface area contributed by atoms with Gasteiger partial charge in [-0.15, -0.1) is 0 Å². The SMILES string of the molecule is CC1(C(=O)Nc2cc(F)ccc2F)CC(=O)N=C2C=CC=CN21. The van der Waals surface area contributed by atoms with Gasteiger partial charge in [0.2, 0.25) is 0 Å². The molecule has 0 spiro atoms. The molecule has 1 atom stereocenters. The number of halogens is 2. The van der Waals surface area contributed by atoms with Crippen molar-refractivity contribution in [3.63, 3.8) is 0 Å². The van der Waals surface area contributed by atoms with E-state index >= 15 is 0 Å². The Kier molecular flexibility index (Phi) is 3.55. The van der Waals surface area contributed by atoms with E-state index in [1.54, 1.807) is 36.3 Å². The zero-order valence-electron chi connectivity index (χ0n) is 12.2. The van der Waals surface area contributed by atoms with Gasteiger partial charge in [-0.1, -0.05) is 6.08 Å². The molecule has 0 radical (unpaired) electrons. The molecule has 1 aromatic carbocycles. The largest absolute Gasteiger partial charge is 0.321 e. The van der Waals surface area contributed by atoms with Gasteiger partial charge in [0.1, 0.15) is 23.0 Å². The van der Waals surface area contributed by atoms with Crippen molar-refractivity contribution in [2.45, 2.75) is 18.9 Å². The van der Waals surface area contributed by atoms with Crippen molar-refractivity contribution in [3.8, 4) is 0 Å².